The smallest absolute Gasteiger partial charge is 0.119 e. The Hall–Kier alpha value is -1.58. The molecule has 0 saturated carbocycles. The molecule has 0 amide bonds. The van der Waals surface area contributed by atoms with Gasteiger partial charge in [0.15, 0.2) is 0 Å². The number of quaternary nitrogens is 1. The maximum atomic E-state index is 5.88. The Morgan fingerprint density at radius 2 is 2.00 bits per heavy atom. The highest BCUT2D eigenvalue weighted by Gasteiger charge is 2.36. The molecule has 0 saturated heterocycles. The van der Waals surface area contributed by atoms with E-state index in [2.05, 4.69) is 50.5 Å². The Bertz CT molecular complexity index is 586. The fourth-order valence-electron chi connectivity index (χ4n) is 3.17. The highest BCUT2D eigenvalue weighted by molar-refractivity contribution is 5.24. The standard InChI is InChI=1S/C17H23N2O/c1-19(2)12-14-9-16(11-18)20-17(14)10-15(19)8-13-6-4-3-5-7-13/h3-7,9,15H,8,10-12,18H2,1-2H3/q+1. The topological polar surface area (TPSA) is 39.2 Å². The third kappa shape index (κ3) is 2.51. The van der Waals surface area contributed by atoms with Crippen molar-refractivity contribution in [3.8, 4) is 0 Å². The molecule has 0 fully saturated rings. The molecule has 1 aliphatic heterocycles. The van der Waals surface area contributed by atoms with Crippen molar-refractivity contribution in [3.05, 3.63) is 59.0 Å². The minimum absolute atomic E-state index is 0.490. The summed E-state index contributed by atoms with van der Waals surface area (Å²) in [5.74, 6) is 2.05. The lowest BCUT2D eigenvalue weighted by atomic mass is 9.93. The Morgan fingerprint density at radius 1 is 1.25 bits per heavy atom. The summed E-state index contributed by atoms with van der Waals surface area (Å²) in [4.78, 5) is 0. The van der Waals surface area contributed by atoms with Gasteiger partial charge in [-0.15, -0.1) is 0 Å². The van der Waals surface area contributed by atoms with Gasteiger partial charge in [-0.05, 0) is 11.6 Å². The number of hydrogen-bond donors (Lipinski definition) is 1. The van der Waals surface area contributed by atoms with Gasteiger partial charge in [-0.2, -0.15) is 0 Å². The first-order chi connectivity index (χ1) is 9.58. The van der Waals surface area contributed by atoms with Crippen LogP contribution >= 0.6 is 0 Å². The minimum atomic E-state index is 0.490. The van der Waals surface area contributed by atoms with Crippen LogP contribution in [0.1, 0.15) is 22.6 Å². The van der Waals surface area contributed by atoms with Crippen LogP contribution in [0.25, 0.3) is 0 Å². The second kappa shape index (κ2) is 5.08. The molecule has 20 heavy (non-hydrogen) atoms. The summed E-state index contributed by atoms with van der Waals surface area (Å²) in [5, 5.41) is 0. The van der Waals surface area contributed by atoms with E-state index >= 15 is 0 Å². The molecule has 1 aliphatic rings. The van der Waals surface area contributed by atoms with Crippen LogP contribution in [0.2, 0.25) is 0 Å². The van der Waals surface area contributed by atoms with Crippen molar-refractivity contribution >= 4 is 0 Å². The molecule has 0 spiro atoms. The molecule has 0 radical (unpaired) electrons. The van der Waals surface area contributed by atoms with Crippen molar-refractivity contribution in [2.75, 3.05) is 14.1 Å². The summed E-state index contributed by atoms with van der Waals surface area (Å²) in [7, 11) is 4.62. The number of nitrogens with zero attached hydrogens (tertiary/aromatic N) is 1. The summed E-state index contributed by atoms with van der Waals surface area (Å²) in [6, 6.07) is 13.4. The SMILES string of the molecule is C[N+]1(C)Cc2cc(CN)oc2CC1Cc1ccccc1. The second-order valence-corrected chi connectivity index (χ2v) is 6.35. The van der Waals surface area contributed by atoms with Crippen LogP contribution in [0.5, 0.6) is 0 Å². The first-order valence-corrected chi connectivity index (χ1v) is 7.25. The van der Waals surface area contributed by atoms with Gasteiger partial charge in [-0.1, -0.05) is 30.3 Å². The van der Waals surface area contributed by atoms with E-state index in [0.717, 1.165) is 35.4 Å². The van der Waals surface area contributed by atoms with Crippen molar-refractivity contribution in [2.45, 2.75) is 32.0 Å². The lowest BCUT2D eigenvalue weighted by molar-refractivity contribution is -0.930. The van der Waals surface area contributed by atoms with Crippen molar-refractivity contribution in [3.63, 3.8) is 0 Å². The zero-order chi connectivity index (χ0) is 14.2. The average molecular weight is 271 g/mol. The van der Waals surface area contributed by atoms with E-state index in [1.165, 1.54) is 11.1 Å². The maximum absolute atomic E-state index is 5.88. The highest BCUT2D eigenvalue weighted by atomic mass is 16.3. The molecular weight excluding hydrogens is 248 g/mol. The molecule has 0 bridgehead atoms. The molecule has 1 aromatic carbocycles. The molecule has 2 aromatic rings. The van der Waals surface area contributed by atoms with Crippen LogP contribution in [0.4, 0.5) is 0 Å². The van der Waals surface area contributed by atoms with E-state index < -0.39 is 0 Å². The summed E-state index contributed by atoms with van der Waals surface area (Å²) in [5.41, 5.74) is 8.42. The lowest BCUT2D eigenvalue weighted by Gasteiger charge is -2.41. The maximum Gasteiger partial charge on any atom is 0.119 e. The van der Waals surface area contributed by atoms with Gasteiger partial charge in [0, 0.05) is 12.0 Å². The van der Waals surface area contributed by atoms with Crippen molar-refractivity contribution < 1.29 is 8.90 Å². The van der Waals surface area contributed by atoms with Gasteiger partial charge in [0.05, 0.1) is 27.1 Å². The van der Waals surface area contributed by atoms with Crippen LogP contribution in [0.15, 0.2) is 40.8 Å². The first-order valence-electron chi connectivity index (χ1n) is 7.25. The predicted molar refractivity (Wildman–Crippen MR) is 80.0 cm³/mol. The first kappa shape index (κ1) is 13.4. The Labute approximate surface area is 120 Å². The number of fused-ring (bicyclic) bond motifs is 1. The fourth-order valence-corrected chi connectivity index (χ4v) is 3.17. The van der Waals surface area contributed by atoms with Gasteiger partial charge in [0.1, 0.15) is 24.1 Å². The molecule has 1 unspecified atom stereocenters. The molecule has 3 rings (SSSR count). The molecule has 3 nitrogen and oxygen atoms in total. The third-order valence-corrected chi connectivity index (χ3v) is 4.45. The Kier molecular flexibility index (Phi) is 3.40. The molecule has 2 N–H and O–H groups in total. The Morgan fingerprint density at radius 3 is 2.70 bits per heavy atom. The summed E-state index contributed by atoms with van der Waals surface area (Å²) in [6.07, 6.45) is 2.09. The molecule has 1 aromatic heterocycles. The molecule has 2 heterocycles. The van der Waals surface area contributed by atoms with E-state index in [-0.39, 0.29) is 0 Å². The summed E-state index contributed by atoms with van der Waals surface area (Å²) < 4.78 is 6.89. The zero-order valence-corrected chi connectivity index (χ0v) is 12.3. The second-order valence-electron chi connectivity index (χ2n) is 6.35. The lowest BCUT2D eigenvalue weighted by Crippen LogP contribution is -2.52. The third-order valence-electron chi connectivity index (χ3n) is 4.45. The van der Waals surface area contributed by atoms with Crippen molar-refractivity contribution in [1.82, 2.24) is 0 Å². The van der Waals surface area contributed by atoms with Crippen LogP contribution in [-0.2, 0) is 25.9 Å². The Balaban J connectivity index is 1.85. The quantitative estimate of drug-likeness (QED) is 0.871. The van der Waals surface area contributed by atoms with Crippen LogP contribution in [-0.4, -0.2) is 24.6 Å². The number of furan rings is 1. The largest absolute Gasteiger partial charge is 0.464 e. The number of benzene rings is 1. The van der Waals surface area contributed by atoms with Crippen molar-refractivity contribution in [2.24, 2.45) is 5.73 Å². The molecule has 1 atom stereocenters. The van der Waals surface area contributed by atoms with E-state index in [1.807, 2.05) is 0 Å². The van der Waals surface area contributed by atoms with E-state index in [1.54, 1.807) is 0 Å². The monoisotopic (exact) mass is 271 g/mol. The number of likely N-dealkylation sites (N-methyl/N-ethyl adjacent to an activating group) is 1. The van der Waals surface area contributed by atoms with E-state index in [4.69, 9.17) is 10.2 Å². The van der Waals surface area contributed by atoms with Gasteiger partial charge >= 0.3 is 0 Å². The minimum Gasteiger partial charge on any atom is -0.464 e. The van der Waals surface area contributed by atoms with Crippen LogP contribution in [0.3, 0.4) is 0 Å². The van der Waals surface area contributed by atoms with Crippen molar-refractivity contribution in [1.29, 1.82) is 0 Å². The van der Waals surface area contributed by atoms with Gasteiger partial charge in [-0.25, -0.2) is 0 Å². The molecule has 106 valence electrons. The van der Waals surface area contributed by atoms with Gasteiger partial charge in [0.25, 0.3) is 0 Å². The number of rotatable bonds is 3. The van der Waals surface area contributed by atoms with Gasteiger partial charge in [-0.3, -0.25) is 0 Å². The highest BCUT2D eigenvalue weighted by Crippen LogP contribution is 2.31. The number of nitrogens with two attached hydrogens (primary N) is 1. The molecule has 3 heteroatoms. The zero-order valence-electron chi connectivity index (χ0n) is 12.3. The summed E-state index contributed by atoms with van der Waals surface area (Å²) in [6.45, 7) is 1.51. The van der Waals surface area contributed by atoms with Gasteiger partial charge < -0.3 is 14.6 Å². The molecular formula is C17H23N2O+. The van der Waals surface area contributed by atoms with Gasteiger partial charge in [0.2, 0.25) is 0 Å². The average Bonchev–Trinajstić information content (AvgIpc) is 2.81. The number of hydrogen-bond acceptors (Lipinski definition) is 2. The fraction of sp³-hybridized carbons (Fsp3) is 0.412. The molecule has 0 aliphatic carbocycles. The van der Waals surface area contributed by atoms with E-state index in [9.17, 15) is 0 Å². The predicted octanol–water partition coefficient (Wildman–Crippen LogP) is 2.48. The van der Waals surface area contributed by atoms with E-state index in [0.29, 0.717) is 12.6 Å². The van der Waals surface area contributed by atoms with Crippen LogP contribution in [0, 0.1) is 0 Å². The van der Waals surface area contributed by atoms with Crippen LogP contribution < -0.4 is 5.73 Å². The summed E-state index contributed by atoms with van der Waals surface area (Å²) >= 11 is 0. The normalized spacial score (nSPS) is 20.6.